The summed E-state index contributed by atoms with van der Waals surface area (Å²) in [6, 6.07) is 0. The van der Waals surface area contributed by atoms with Crippen LogP contribution in [0.15, 0.2) is 0 Å². The summed E-state index contributed by atoms with van der Waals surface area (Å²) >= 11 is 0. The Kier molecular flexibility index (Phi) is 66.1. The van der Waals surface area contributed by atoms with Crippen LogP contribution in [-0.2, 0) is 22.4 Å². The third-order valence-electron chi connectivity index (χ3n) is 0. The van der Waals surface area contributed by atoms with Gasteiger partial charge in [-0.15, -0.1) is 0 Å². The van der Waals surface area contributed by atoms with Crippen LogP contribution in [0.3, 0.4) is 0 Å². The zero-order valence-electron chi connectivity index (χ0n) is 5.28. The Balaban J connectivity index is -0.0000000400. The Labute approximate surface area is 63.2 Å². The Morgan fingerprint density at radius 3 is 1.00 bits per heavy atom. The first-order chi connectivity index (χ1) is 2.83. The Hall–Kier alpha value is 0.740. The normalized spacial score (nSPS) is 5.14. The minimum absolute atomic E-state index is 0. The molecule has 0 aromatic heterocycles. The molecule has 0 atom stereocenters. The van der Waals surface area contributed by atoms with Crippen molar-refractivity contribution >= 4 is 0 Å². The van der Waals surface area contributed by atoms with E-state index >= 15 is 0 Å². The van der Waals surface area contributed by atoms with E-state index in [2.05, 4.69) is 13.8 Å². The number of hydrogen-bond acceptors (Lipinski definition) is 0. The van der Waals surface area contributed by atoms with Crippen LogP contribution in [0.1, 0.15) is 26.7 Å². The van der Waals surface area contributed by atoms with Crippen molar-refractivity contribution in [3.05, 3.63) is 13.8 Å². The second kappa shape index (κ2) is 29.6. The molecule has 0 aliphatic heterocycles. The van der Waals surface area contributed by atoms with Gasteiger partial charge in [-0.2, -0.15) is 12.8 Å². The molecule has 0 aromatic rings. The summed E-state index contributed by atoms with van der Waals surface area (Å²) in [7, 11) is 0. The van der Waals surface area contributed by atoms with Gasteiger partial charge in [-0.25, -0.2) is 0 Å². The van der Waals surface area contributed by atoms with E-state index in [4.69, 9.17) is 0 Å². The van der Waals surface area contributed by atoms with Crippen LogP contribution in [0.5, 0.6) is 0 Å². The van der Waals surface area contributed by atoms with E-state index in [1.165, 1.54) is 0 Å². The van der Waals surface area contributed by atoms with Crippen molar-refractivity contribution < 1.29 is 22.4 Å². The van der Waals surface area contributed by atoms with E-state index in [0.29, 0.717) is 0 Å². The van der Waals surface area contributed by atoms with Crippen LogP contribution in [0.25, 0.3) is 0 Å². The first kappa shape index (κ1) is 15.6. The maximum atomic E-state index is 3.49. The fraction of sp³-hybridized carbons (Fsp3) is 0.667. The van der Waals surface area contributed by atoms with Crippen molar-refractivity contribution in [2.45, 2.75) is 26.7 Å². The predicted molar refractivity (Wildman–Crippen MR) is 31.3 cm³/mol. The van der Waals surface area contributed by atoms with Crippen LogP contribution in [0.4, 0.5) is 0 Å². The molecule has 0 amide bonds. The van der Waals surface area contributed by atoms with Crippen molar-refractivity contribution in [3.8, 4) is 0 Å². The summed E-state index contributed by atoms with van der Waals surface area (Å²) in [4.78, 5) is 0. The minimum Gasteiger partial charge on any atom is -0.344 e. The molecule has 0 bridgehead atoms. The molecular weight excluding hydrogens is 165 g/mol. The van der Waals surface area contributed by atoms with Crippen LogP contribution in [0.2, 0.25) is 0 Å². The molecule has 7 heavy (non-hydrogen) atoms. The molecule has 1 radical (unpaired) electrons. The van der Waals surface area contributed by atoms with E-state index in [-0.39, 0.29) is 22.4 Å². The molecule has 0 aromatic carbocycles. The van der Waals surface area contributed by atoms with Gasteiger partial charge in [0.25, 0.3) is 0 Å². The molecule has 43 valence electrons. The van der Waals surface area contributed by atoms with Crippen molar-refractivity contribution in [3.63, 3.8) is 0 Å². The summed E-state index contributed by atoms with van der Waals surface area (Å²) < 4.78 is 0. The largest absolute Gasteiger partial charge is 2.00 e. The molecule has 1 heteroatoms. The van der Waals surface area contributed by atoms with Crippen molar-refractivity contribution in [1.82, 2.24) is 0 Å². The van der Waals surface area contributed by atoms with Crippen LogP contribution in [-0.4, -0.2) is 0 Å². The second-order valence-electron chi connectivity index (χ2n) is 1.000. The number of rotatable bonds is 0. The standard InChI is InChI=1S/2C3H7.Nb/c2*1-3-2;/h2*1,3H2,2H3;/q2*-1;+2. The fourth-order valence-corrected chi connectivity index (χ4v) is 0. The first-order valence-electron chi connectivity index (χ1n) is 2.41. The SMILES string of the molecule is [CH2-]CC.[CH2-]CC.[Nb+2]. The zero-order chi connectivity index (χ0) is 5.41. The van der Waals surface area contributed by atoms with Crippen molar-refractivity contribution in [1.29, 1.82) is 0 Å². The molecule has 0 aliphatic rings. The van der Waals surface area contributed by atoms with Gasteiger partial charge in [-0.3, -0.25) is 0 Å². The van der Waals surface area contributed by atoms with Gasteiger partial charge in [-0.05, 0) is 0 Å². The van der Waals surface area contributed by atoms with Gasteiger partial charge in [-0.1, -0.05) is 13.8 Å². The molecule has 0 fully saturated rings. The topological polar surface area (TPSA) is 0 Å². The van der Waals surface area contributed by atoms with Gasteiger partial charge in [0.05, 0.1) is 0 Å². The third-order valence-corrected chi connectivity index (χ3v) is 0. The monoisotopic (exact) mass is 179 g/mol. The Bertz CT molecular complexity index is 6.14. The summed E-state index contributed by atoms with van der Waals surface area (Å²) in [6.07, 6.45) is 2.00. The maximum absolute atomic E-state index is 3.49. The van der Waals surface area contributed by atoms with Gasteiger partial charge in [0.15, 0.2) is 0 Å². The Morgan fingerprint density at radius 2 is 1.00 bits per heavy atom. The van der Waals surface area contributed by atoms with E-state index in [0.717, 1.165) is 12.8 Å². The van der Waals surface area contributed by atoms with E-state index in [9.17, 15) is 0 Å². The fourth-order valence-electron chi connectivity index (χ4n) is 0. The molecule has 0 unspecified atom stereocenters. The molecule has 0 saturated heterocycles. The summed E-state index contributed by atoms with van der Waals surface area (Å²) in [6.45, 7) is 11.0. The van der Waals surface area contributed by atoms with Gasteiger partial charge >= 0.3 is 22.4 Å². The molecule has 0 heterocycles. The summed E-state index contributed by atoms with van der Waals surface area (Å²) in [5.41, 5.74) is 0. The van der Waals surface area contributed by atoms with Gasteiger partial charge in [0.1, 0.15) is 0 Å². The van der Waals surface area contributed by atoms with Crippen LogP contribution in [0, 0.1) is 13.8 Å². The Morgan fingerprint density at radius 1 is 1.00 bits per heavy atom. The molecule has 0 aliphatic carbocycles. The zero-order valence-corrected chi connectivity index (χ0v) is 7.47. The molecule has 0 rings (SSSR count). The van der Waals surface area contributed by atoms with Gasteiger partial charge in [0, 0.05) is 0 Å². The van der Waals surface area contributed by atoms with Crippen LogP contribution < -0.4 is 0 Å². The first-order valence-corrected chi connectivity index (χ1v) is 2.41. The second-order valence-corrected chi connectivity index (χ2v) is 1.000. The van der Waals surface area contributed by atoms with Crippen molar-refractivity contribution in [2.75, 3.05) is 0 Å². The maximum Gasteiger partial charge on any atom is 2.00 e. The number of hydrogen-bond donors (Lipinski definition) is 0. The average molecular weight is 179 g/mol. The quantitative estimate of drug-likeness (QED) is 0.395. The molecule has 0 spiro atoms. The smallest absolute Gasteiger partial charge is 0.344 e. The van der Waals surface area contributed by atoms with E-state index in [1.54, 1.807) is 0 Å². The summed E-state index contributed by atoms with van der Waals surface area (Å²) in [5.74, 6) is 0. The van der Waals surface area contributed by atoms with E-state index < -0.39 is 0 Å². The van der Waals surface area contributed by atoms with E-state index in [1.807, 2.05) is 13.8 Å². The summed E-state index contributed by atoms with van der Waals surface area (Å²) in [5, 5.41) is 0. The molecule has 0 N–H and O–H groups in total. The third kappa shape index (κ3) is 276. The molecular formula is C6H14Nb. The van der Waals surface area contributed by atoms with Gasteiger partial charge in [0.2, 0.25) is 0 Å². The van der Waals surface area contributed by atoms with Gasteiger partial charge < -0.3 is 13.8 Å². The molecule has 0 nitrogen and oxygen atoms in total. The van der Waals surface area contributed by atoms with Crippen LogP contribution >= 0.6 is 0 Å². The average Bonchev–Trinajstić information content (AvgIpc) is 1.39. The predicted octanol–water partition coefficient (Wildman–Crippen LogP) is 2.46. The minimum atomic E-state index is 0. The molecule has 0 saturated carbocycles. The van der Waals surface area contributed by atoms with Crippen molar-refractivity contribution in [2.24, 2.45) is 0 Å².